The van der Waals surface area contributed by atoms with Gasteiger partial charge in [-0.05, 0) is 30.8 Å². The van der Waals surface area contributed by atoms with E-state index in [0.29, 0.717) is 6.04 Å². The normalized spacial score (nSPS) is 12.5. The first-order valence-corrected chi connectivity index (χ1v) is 5.73. The van der Waals surface area contributed by atoms with Gasteiger partial charge >= 0.3 is 0 Å². The second-order valence-electron chi connectivity index (χ2n) is 2.71. The SMILES string of the molecule is CSCC(C)Nc1ccnc(Cl)n1. The van der Waals surface area contributed by atoms with Crippen molar-refractivity contribution in [1.29, 1.82) is 0 Å². The van der Waals surface area contributed by atoms with Crippen LogP contribution in [0.5, 0.6) is 0 Å². The Labute approximate surface area is 87.3 Å². The fourth-order valence-electron chi connectivity index (χ4n) is 0.959. The Morgan fingerprint density at radius 2 is 2.46 bits per heavy atom. The van der Waals surface area contributed by atoms with Gasteiger partial charge in [0.2, 0.25) is 5.28 Å². The Morgan fingerprint density at radius 3 is 3.08 bits per heavy atom. The summed E-state index contributed by atoms with van der Waals surface area (Å²) in [5, 5.41) is 3.51. The van der Waals surface area contributed by atoms with Crippen LogP contribution in [0.1, 0.15) is 6.92 Å². The van der Waals surface area contributed by atoms with Gasteiger partial charge in [0, 0.05) is 18.0 Å². The molecule has 0 amide bonds. The number of hydrogen-bond acceptors (Lipinski definition) is 4. The molecule has 1 rings (SSSR count). The molecule has 0 aliphatic heterocycles. The minimum absolute atomic E-state index is 0.279. The van der Waals surface area contributed by atoms with Gasteiger partial charge in [0.05, 0.1) is 0 Å². The summed E-state index contributed by atoms with van der Waals surface area (Å²) in [6.45, 7) is 2.10. The predicted octanol–water partition coefficient (Wildman–Crippen LogP) is 2.29. The number of hydrogen-bond donors (Lipinski definition) is 1. The van der Waals surface area contributed by atoms with Crippen molar-refractivity contribution in [2.45, 2.75) is 13.0 Å². The van der Waals surface area contributed by atoms with Crippen LogP contribution in [0.25, 0.3) is 0 Å². The second kappa shape index (κ2) is 5.29. The summed E-state index contributed by atoms with van der Waals surface area (Å²) in [6.07, 6.45) is 3.72. The molecule has 0 aliphatic carbocycles. The number of nitrogens with one attached hydrogen (secondary N) is 1. The molecule has 0 aliphatic rings. The average Bonchev–Trinajstić information content (AvgIpc) is 2.04. The van der Waals surface area contributed by atoms with Crippen molar-refractivity contribution >= 4 is 29.2 Å². The molecule has 1 heterocycles. The van der Waals surface area contributed by atoms with E-state index in [1.54, 1.807) is 18.0 Å². The third-order valence-corrected chi connectivity index (χ3v) is 2.45. The summed E-state index contributed by atoms with van der Waals surface area (Å²) in [5.74, 6) is 1.82. The number of anilines is 1. The van der Waals surface area contributed by atoms with Crippen molar-refractivity contribution in [3.63, 3.8) is 0 Å². The Hall–Kier alpha value is -0.480. The lowest BCUT2D eigenvalue weighted by molar-refractivity contribution is 0.900. The van der Waals surface area contributed by atoms with Crippen molar-refractivity contribution in [2.75, 3.05) is 17.3 Å². The fourth-order valence-corrected chi connectivity index (χ4v) is 1.69. The van der Waals surface area contributed by atoms with Gasteiger partial charge in [0.15, 0.2) is 0 Å². The highest BCUT2D eigenvalue weighted by Crippen LogP contribution is 2.08. The second-order valence-corrected chi connectivity index (χ2v) is 3.96. The van der Waals surface area contributed by atoms with Gasteiger partial charge in [-0.1, -0.05) is 0 Å². The van der Waals surface area contributed by atoms with Gasteiger partial charge in [0.25, 0.3) is 0 Å². The molecule has 0 saturated carbocycles. The Bertz CT molecular complexity index is 269. The topological polar surface area (TPSA) is 37.8 Å². The zero-order valence-electron chi connectivity index (χ0n) is 7.62. The summed E-state index contributed by atoms with van der Waals surface area (Å²) in [6, 6.07) is 2.20. The molecule has 1 aromatic heterocycles. The Balaban J connectivity index is 2.53. The average molecular weight is 218 g/mol. The minimum Gasteiger partial charge on any atom is -0.367 e. The van der Waals surface area contributed by atoms with Crippen molar-refractivity contribution in [1.82, 2.24) is 9.97 Å². The molecule has 0 fully saturated rings. The molecule has 5 heteroatoms. The van der Waals surface area contributed by atoms with Gasteiger partial charge in [-0.25, -0.2) is 9.97 Å². The van der Waals surface area contributed by atoms with Crippen LogP contribution >= 0.6 is 23.4 Å². The third kappa shape index (κ3) is 3.83. The van der Waals surface area contributed by atoms with Gasteiger partial charge in [-0.3, -0.25) is 0 Å². The van der Waals surface area contributed by atoms with E-state index in [1.165, 1.54) is 0 Å². The minimum atomic E-state index is 0.279. The molecule has 0 saturated heterocycles. The van der Waals surface area contributed by atoms with E-state index < -0.39 is 0 Å². The maximum Gasteiger partial charge on any atom is 0.224 e. The molecule has 0 bridgehead atoms. The first kappa shape index (κ1) is 10.6. The smallest absolute Gasteiger partial charge is 0.224 e. The number of nitrogens with zero attached hydrogens (tertiary/aromatic N) is 2. The lowest BCUT2D eigenvalue weighted by Crippen LogP contribution is -2.18. The molecule has 3 nitrogen and oxygen atoms in total. The summed E-state index contributed by atoms with van der Waals surface area (Å²) in [5.41, 5.74) is 0. The third-order valence-electron chi connectivity index (χ3n) is 1.44. The van der Waals surface area contributed by atoms with Crippen LogP contribution in [0.15, 0.2) is 12.3 Å². The summed E-state index contributed by atoms with van der Waals surface area (Å²) in [4.78, 5) is 7.83. The first-order valence-electron chi connectivity index (χ1n) is 3.96. The van der Waals surface area contributed by atoms with E-state index >= 15 is 0 Å². The van der Waals surface area contributed by atoms with Crippen molar-refractivity contribution in [3.05, 3.63) is 17.5 Å². The molecule has 1 unspecified atom stereocenters. The molecule has 13 heavy (non-hydrogen) atoms. The van der Waals surface area contributed by atoms with Gasteiger partial charge in [-0.2, -0.15) is 11.8 Å². The fraction of sp³-hybridized carbons (Fsp3) is 0.500. The molecule has 72 valence electrons. The van der Waals surface area contributed by atoms with Gasteiger partial charge in [-0.15, -0.1) is 0 Å². The Morgan fingerprint density at radius 1 is 1.69 bits per heavy atom. The number of rotatable bonds is 4. The van der Waals surface area contributed by atoms with Crippen molar-refractivity contribution < 1.29 is 0 Å². The quantitative estimate of drug-likeness (QED) is 0.786. The zero-order valence-corrected chi connectivity index (χ0v) is 9.19. The van der Waals surface area contributed by atoms with Gasteiger partial charge in [0.1, 0.15) is 5.82 Å². The molecule has 1 aromatic rings. The van der Waals surface area contributed by atoms with Crippen LogP contribution in [0, 0.1) is 0 Å². The van der Waals surface area contributed by atoms with Crippen LogP contribution in [-0.2, 0) is 0 Å². The van der Waals surface area contributed by atoms with E-state index in [9.17, 15) is 0 Å². The van der Waals surface area contributed by atoms with E-state index in [4.69, 9.17) is 11.6 Å². The van der Waals surface area contributed by atoms with Crippen LogP contribution in [0.4, 0.5) is 5.82 Å². The summed E-state index contributed by atoms with van der Waals surface area (Å²) < 4.78 is 0. The highest BCUT2D eigenvalue weighted by atomic mass is 35.5. The maximum atomic E-state index is 5.64. The summed E-state index contributed by atoms with van der Waals surface area (Å²) >= 11 is 7.43. The van der Waals surface area contributed by atoms with Crippen molar-refractivity contribution in [3.8, 4) is 0 Å². The van der Waals surface area contributed by atoms with E-state index in [0.717, 1.165) is 11.6 Å². The van der Waals surface area contributed by atoms with E-state index in [-0.39, 0.29) is 5.28 Å². The lowest BCUT2D eigenvalue weighted by atomic mass is 10.4. The van der Waals surface area contributed by atoms with Crippen LogP contribution < -0.4 is 5.32 Å². The Kier molecular flexibility index (Phi) is 4.32. The van der Waals surface area contributed by atoms with E-state index in [1.807, 2.05) is 6.07 Å². The molecule has 1 N–H and O–H groups in total. The van der Waals surface area contributed by atoms with Crippen molar-refractivity contribution in [2.24, 2.45) is 0 Å². The zero-order chi connectivity index (χ0) is 9.68. The van der Waals surface area contributed by atoms with Crippen LogP contribution in [0.3, 0.4) is 0 Å². The molecule has 0 spiro atoms. The highest BCUT2D eigenvalue weighted by molar-refractivity contribution is 7.98. The highest BCUT2D eigenvalue weighted by Gasteiger charge is 2.01. The van der Waals surface area contributed by atoms with Gasteiger partial charge < -0.3 is 5.32 Å². The first-order chi connectivity index (χ1) is 6.22. The molecule has 0 radical (unpaired) electrons. The molecular formula is C8H12ClN3S. The largest absolute Gasteiger partial charge is 0.367 e. The summed E-state index contributed by atoms with van der Waals surface area (Å²) in [7, 11) is 0. The number of aromatic nitrogens is 2. The van der Waals surface area contributed by atoms with Crippen LogP contribution in [-0.4, -0.2) is 28.0 Å². The maximum absolute atomic E-state index is 5.64. The predicted molar refractivity (Wildman–Crippen MR) is 58.5 cm³/mol. The molecular weight excluding hydrogens is 206 g/mol. The lowest BCUT2D eigenvalue weighted by Gasteiger charge is -2.12. The molecule has 1 atom stereocenters. The van der Waals surface area contributed by atoms with Crippen LogP contribution in [0.2, 0.25) is 5.28 Å². The number of halogens is 1. The molecule has 0 aromatic carbocycles. The standard InChI is InChI=1S/C8H12ClN3S/c1-6(5-13-2)11-7-3-4-10-8(9)12-7/h3-4,6H,5H2,1-2H3,(H,10,11,12). The van der Waals surface area contributed by atoms with E-state index in [2.05, 4.69) is 28.5 Å². The monoisotopic (exact) mass is 217 g/mol. The number of thioether (sulfide) groups is 1.